The van der Waals surface area contributed by atoms with E-state index in [0.29, 0.717) is 12.6 Å². The van der Waals surface area contributed by atoms with Gasteiger partial charge >= 0.3 is 0 Å². The van der Waals surface area contributed by atoms with Gasteiger partial charge in [0.2, 0.25) is 0 Å². The summed E-state index contributed by atoms with van der Waals surface area (Å²) >= 11 is 3.54. The van der Waals surface area contributed by atoms with Gasteiger partial charge in [0.15, 0.2) is 0 Å². The Morgan fingerprint density at radius 3 is 2.53 bits per heavy atom. The highest BCUT2D eigenvalue weighted by Gasteiger charge is 2.21. The maximum Gasteiger partial charge on any atom is 0.0590 e. The van der Waals surface area contributed by atoms with Crippen molar-refractivity contribution in [2.75, 3.05) is 26.8 Å². The van der Waals surface area contributed by atoms with Crippen LogP contribution in [0.15, 0.2) is 22.7 Å². The van der Waals surface area contributed by atoms with Gasteiger partial charge in [-0.2, -0.15) is 0 Å². The zero-order valence-corrected chi connectivity index (χ0v) is 13.9. The van der Waals surface area contributed by atoms with Gasteiger partial charge in [0.25, 0.3) is 0 Å². The van der Waals surface area contributed by atoms with Gasteiger partial charge in [0.05, 0.1) is 6.61 Å². The Morgan fingerprint density at radius 2 is 2.05 bits per heavy atom. The van der Waals surface area contributed by atoms with Crippen LogP contribution in [0.25, 0.3) is 0 Å². The molecule has 0 spiro atoms. The molecule has 0 amide bonds. The van der Waals surface area contributed by atoms with E-state index in [1.165, 1.54) is 11.1 Å². The summed E-state index contributed by atoms with van der Waals surface area (Å²) in [5.74, 6) is 0. The van der Waals surface area contributed by atoms with Gasteiger partial charge in [-0.15, -0.1) is 0 Å². The average molecular weight is 329 g/mol. The first-order valence-electron chi connectivity index (χ1n) is 6.72. The molecule has 1 rings (SSSR count). The number of hydrogen-bond donors (Lipinski definition) is 1. The first kappa shape index (κ1) is 16.6. The Balaban J connectivity index is 2.97. The number of halogens is 1. The quantitative estimate of drug-likeness (QED) is 0.835. The van der Waals surface area contributed by atoms with Crippen LogP contribution in [0.3, 0.4) is 0 Å². The van der Waals surface area contributed by atoms with Gasteiger partial charge in [-0.1, -0.05) is 28.1 Å². The van der Waals surface area contributed by atoms with Crippen molar-refractivity contribution in [2.24, 2.45) is 5.73 Å². The summed E-state index contributed by atoms with van der Waals surface area (Å²) < 4.78 is 6.34. The normalized spacial score (nSPS) is 13.3. The molecule has 4 heteroatoms. The molecule has 0 radical (unpaired) electrons. The lowest BCUT2D eigenvalue weighted by Crippen LogP contribution is -2.40. The molecule has 1 aromatic carbocycles. The van der Waals surface area contributed by atoms with Crippen LogP contribution < -0.4 is 5.73 Å². The molecule has 0 saturated heterocycles. The smallest absolute Gasteiger partial charge is 0.0590 e. The highest BCUT2D eigenvalue weighted by Crippen LogP contribution is 2.26. The van der Waals surface area contributed by atoms with E-state index in [4.69, 9.17) is 10.5 Å². The third-order valence-corrected chi connectivity index (χ3v) is 4.30. The summed E-state index contributed by atoms with van der Waals surface area (Å²) in [6.45, 7) is 8.74. The zero-order valence-electron chi connectivity index (χ0n) is 12.3. The molecule has 0 fully saturated rings. The lowest BCUT2D eigenvalue weighted by molar-refractivity contribution is 0.0979. The minimum absolute atomic E-state index is 0.238. The molecule has 3 nitrogen and oxygen atoms in total. The molecule has 0 heterocycles. The lowest BCUT2D eigenvalue weighted by atomic mass is 10.0. The van der Waals surface area contributed by atoms with E-state index in [-0.39, 0.29) is 6.04 Å². The van der Waals surface area contributed by atoms with E-state index in [2.05, 4.69) is 59.8 Å². The van der Waals surface area contributed by atoms with Crippen molar-refractivity contribution in [1.82, 2.24) is 4.90 Å². The fourth-order valence-corrected chi connectivity index (χ4v) is 2.56. The van der Waals surface area contributed by atoms with Gasteiger partial charge in [-0.25, -0.2) is 0 Å². The van der Waals surface area contributed by atoms with E-state index in [9.17, 15) is 0 Å². The number of methoxy groups -OCH3 is 1. The average Bonchev–Trinajstić information content (AvgIpc) is 2.37. The highest BCUT2D eigenvalue weighted by atomic mass is 79.9. The molecule has 1 atom stereocenters. The lowest BCUT2D eigenvalue weighted by Gasteiger charge is -2.34. The molecule has 0 aliphatic carbocycles. The van der Waals surface area contributed by atoms with Gasteiger partial charge in [0, 0.05) is 36.8 Å². The first-order chi connectivity index (χ1) is 9.01. The van der Waals surface area contributed by atoms with E-state index in [1.54, 1.807) is 7.11 Å². The fraction of sp³-hybridized carbons (Fsp3) is 0.600. The fourth-order valence-electron chi connectivity index (χ4n) is 2.31. The molecular formula is C15H25BrN2O. The molecule has 108 valence electrons. The number of hydrogen-bond acceptors (Lipinski definition) is 3. The van der Waals surface area contributed by atoms with Crippen LogP contribution in [-0.2, 0) is 4.74 Å². The van der Waals surface area contributed by atoms with Crippen LogP contribution in [-0.4, -0.2) is 37.7 Å². The van der Waals surface area contributed by atoms with E-state index < -0.39 is 0 Å². The van der Waals surface area contributed by atoms with Crippen molar-refractivity contribution < 1.29 is 4.74 Å². The van der Waals surface area contributed by atoms with E-state index in [0.717, 1.165) is 17.6 Å². The topological polar surface area (TPSA) is 38.5 Å². The Kier molecular flexibility index (Phi) is 7.00. The molecule has 0 aliphatic rings. The zero-order chi connectivity index (χ0) is 14.4. The van der Waals surface area contributed by atoms with Crippen LogP contribution in [0.4, 0.5) is 0 Å². The summed E-state index contributed by atoms with van der Waals surface area (Å²) in [7, 11) is 1.74. The summed E-state index contributed by atoms with van der Waals surface area (Å²) in [4.78, 5) is 2.40. The number of rotatable bonds is 7. The molecular weight excluding hydrogens is 304 g/mol. The molecule has 0 bridgehead atoms. The second-order valence-electron chi connectivity index (χ2n) is 5.08. The van der Waals surface area contributed by atoms with Crippen LogP contribution in [0.5, 0.6) is 0 Å². The monoisotopic (exact) mass is 328 g/mol. The number of nitrogens with two attached hydrogens (primary N) is 1. The molecule has 1 aromatic rings. The Labute approximate surface area is 125 Å². The van der Waals surface area contributed by atoms with Crippen molar-refractivity contribution in [2.45, 2.75) is 32.9 Å². The van der Waals surface area contributed by atoms with Gasteiger partial charge in [-0.05, 0) is 38.0 Å². The molecule has 0 aliphatic heterocycles. The van der Waals surface area contributed by atoms with Crippen LogP contribution in [0, 0.1) is 6.92 Å². The Bertz CT molecular complexity index is 396. The number of aryl methyl sites for hydroxylation is 1. The second kappa shape index (κ2) is 8.00. The minimum Gasteiger partial charge on any atom is -0.383 e. The van der Waals surface area contributed by atoms with Crippen molar-refractivity contribution in [1.29, 1.82) is 0 Å². The third kappa shape index (κ3) is 4.56. The summed E-state index contributed by atoms with van der Waals surface area (Å²) in [5.41, 5.74) is 8.52. The van der Waals surface area contributed by atoms with Crippen LogP contribution >= 0.6 is 15.9 Å². The summed E-state index contributed by atoms with van der Waals surface area (Å²) in [5, 5.41) is 0. The predicted molar refractivity (Wildman–Crippen MR) is 84.4 cm³/mol. The van der Waals surface area contributed by atoms with Gasteiger partial charge in [0.1, 0.15) is 0 Å². The van der Waals surface area contributed by atoms with Gasteiger partial charge < -0.3 is 10.5 Å². The van der Waals surface area contributed by atoms with Crippen LogP contribution in [0.2, 0.25) is 0 Å². The standard InChI is InChI=1S/C15H25BrN2O/c1-11(2)18(7-8-19-4)15(10-17)13-5-6-14(16)12(3)9-13/h5-6,9,11,15H,7-8,10,17H2,1-4H3. The SMILES string of the molecule is COCCN(C(C)C)C(CN)c1ccc(Br)c(C)c1. The van der Waals surface area contributed by atoms with Crippen molar-refractivity contribution >= 4 is 15.9 Å². The number of nitrogens with zero attached hydrogens (tertiary/aromatic N) is 1. The van der Waals surface area contributed by atoms with E-state index in [1.807, 2.05) is 0 Å². The summed E-state index contributed by atoms with van der Waals surface area (Å²) in [6.07, 6.45) is 0. The van der Waals surface area contributed by atoms with Crippen molar-refractivity contribution in [3.8, 4) is 0 Å². The van der Waals surface area contributed by atoms with Crippen LogP contribution in [0.1, 0.15) is 31.0 Å². The van der Waals surface area contributed by atoms with Crippen molar-refractivity contribution in [3.05, 3.63) is 33.8 Å². The third-order valence-electron chi connectivity index (χ3n) is 3.41. The Morgan fingerprint density at radius 1 is 1.37 bits per heavy atom. The Hall–Kier alpha value is -0.420. The molecule has 0 aromatic heterocycles. The second-order valence-corrected chi connectivity index (χ2v) is 5.94. The van der Waals surface area contributed by atoms with E-state index >= 15 is 0 Å². The first-order valence-corrected chi connectivity index (χ1v) is 7.51. The highest BCUT2D eigenvalue weighted by molar-refractivity contribution is 9.10. The van der Waals surface area contributed by atoms with Crippen molar-refractivity contribution in [3.63, 3.8) is 0 Å². The van der Waals surface area contributed by atoms with Gasteiger partial charge in [-0.3, -0.25) is 4.90 Å². The molecule has 19 heavy (non-hydrogen) atoms. The minimum atomic E-state index is 0.238. The molecule has 1 unspecified atom stereocenters. The predicted octanol–water partition coefficient (Wildman–Crippen LogP) is 3.11. The number of benzene rings is 1. The molecule has 2 N–H and O–H groups in total. The summed E-state index contributed by atoms with van der Waals surface area (Å²) in [6, 6.07) is 7.14. The molecule has 0 saturated carbocycles. The number of ether oxygens (including phenoxy) is 1. The largest absolute Gasteiger partial charge is 0.383 e. The maximum atomic E-state index is 6.01. The maximum absolute atomic E-state index is 6.01.